The number of amides is 1. The van der Waals surface area contributed by atoms with Gasteiger partial charge in [0, 0.05) is 6.54 Å². The van der Waals surface area contributed by atoms with Crippen LogP contribution in [0, 0.1) is 0 Å². The molecule has 0 saturated heterocycles. The predicted molar refractivity (Wildman–Crippen MR) is 128 cm³/mol. The molecule has 5 rings (SSSR count). The van der Waals surface area contributed by atoms with Gasteiger partial charge in [-0.2, -0.15) is 0 Å². The first-order valence-corrected chi connectivity index (χ1v) is 13.6. The number of nitrogens with zero attached hydrogens (tertiary/aromatic N) is 2. The first kappa shape index (κ1) is 25.4. The van der Waals surface area contributed by atoms with Crippen molar-refractivity contribution >= 4 is 16.1 Å². The van der Waals surface area contributed by atoms with E-state index >= 15 is 0 Å². The van der Waals surface area contributed by atoms with Gasteiger partial charge in [0.15, 0.2) is 6.10 Å². The molecule has 1 amide bonds. The minimum absolute atomic E-state index is 0.0925. The second kappa shape index (κ2) is 7.87. The van der Waals surface area contributed by atoms with Crippen molar-refractivity contribution in [1.29, 1.82) is 0 Å². The number of aromatic nitrogens is 2. The SMILES string of the molecule is O=C(C(O)c1cccc(S(F)(F)(F)(F)F)c1)N1CCCc2nc(C3(c4ccccc4)CC3)[nH]c(=O)c2C1. The lowest BCUT2D eigenvalue weighted by Crippen LogP contribution is -2.36. The fourth-order valence-electron chi connectivity index (χ4n) is 4.82. The second-order valence-electron chi connectivity index (χ2n) is 9.60. The van der Waals surface area contributed by atoms with Crippen LogP contribution in [0.5, 0.6) is 0 Å². The van der Waals surface area contributed by atoms with E-state index in [9.17, 15) is 34.1 Å². The van der Waals surface area contributed by atoms with Crippen LogP contribution in [0.4, 0.5) is 19.4 Å². The van der Waals surface area contributed by atoms with Gasteiger partial charge >= 0.3 is 10.2 Å². The Morgan fingerprint density at radius 2 is 1.76 bits per heavy atom. The van der Waals surface area contributed by atoms with Crippen molar-refractivity contribution in [3.05, 3.63) is 93.2 Å². The van der Waals surface area contributed by atoms with E-state index in [0.717, 1.165) is 29.4 Å². The molecule has 2 aliphatic rings. The molecule has 0 radical (unpaired) electrons. The first-order chi connectivity index (χ1) is 17.2. The van der Waals surface area contributed by atoms with Gasteiger partial charge in [-0.1, -0.05) is 61.9 Å². The van der Waals surface area contributed by atoms with Crippen LogP contribution in [0.1, 0.15) is 53.6 Å². The Balaban J connectivity index is 1.41. The van der Waals surface area contributed by atoms with Crippen molar-refractivity contribution in [2.75, 3.05) is 6.54 Å². The zero-order valence-corrected chi connectivity index (χ0v) is 20.3. The number of aryl methyl sites for hydroxylation is 1. The van der Waals surface area contributed by atoms with Gasteiger partial charge < -0.3 is 15.0 Å². The highest BCUT2D eigenvalue weighted by molar-refractivity contribution is 8.45. The third-order valence-electron chi connectivity index (χ3n) is 6.99. The van der Waals surface area contributed by atoms with Crippen molar-refractivity contribution < 1.29 is 29.3 Å². The summed E-state index contributed by atoms with van der Waals surface area (Å²) in [6.07, 6.45) is 0.323. The summed E-state index contributed by atoms with van der Waals surface area (Å²) in [7, 11) is -10.00. The quantitative estimate of drug-likeness (QED) is 0.417. The van der Waals surface area contributed by atoms with Crippen molar-refractivity contribution in [2.24, 2.45) is 0 Å². The lowest BCUT2D eigenvalue weighted by atomic mass is 9.94. The van der Waals surface area contributed by atoms with E-state index in [2.05, 4.69) is 4.98 Å². The van der Waals surface area contributed by atoms with Gasteiger partial charge in [0.25, 0.3) is 11.5 Å². The summed E-state index contributed by atoms with van der Waals surface area (Å²) in [6, 6.07) is 11.7. The van der Waals surface area contributed by atoms with Crippen LogP contribution in [0.2, 0.25) is 0 Å². The van der Waals surface area contributed by atoms with Crippen molar-refractivity contribution in [3.63, 3.8) is 0 Å². The Bertz CT molecular complexity index is 1440. The Kier molecular flexibility index (Phi) is 5.41. The van der Waals surface area contributed by atoms with E-state index in [-0.39, 0.29) is 36.2 Å². The molecule has 1 aliphatic carbocycles. The van der Waals surface area contributed by atoms with Crippen molar-refractivity contribution in [1.82, 2.24) is 14.9 Å². The molecule has 2 N–H and O–H groups in total. The Morgan fingerprint density at radius 1 is 1.05 bits per heavy atom. The minimum Gasteiger partial charge on any atom is -0.378 e. The van der Waals surface area contributed by atoms with Gasteiger partial charge in [-0.05, 0) is 48.9 Å². The molecule has 1 aliphatic heterocycles. The lowest BCUT2D eigenvalue weighted by Gasteiger charge is -2.40. The molecule has 0 bridgehead atoms. The number of hydrogen-bond acceptors (Lipinski definition) is 4. The van der Waals surface area contributed by atoms with Crippen LogP contribution in [0.25, 0.3) is 0 Å². The molecular weight excluding hydrogens is 517 g/mol. The van der Waals surface area contributed by atoms with Gasteiger partial charge in [-0.25, -0.2) is 4.98 Å². The second-order valence-corrected chi connectivity index (χ2v) is 12.0. The Labute approximate surface area is 208 Å². The number of rotatable bonds is 5. The molecule has 1 saturated carbocycles. The van der Waals surface area contributed by atoms with Crippen LogP contribution in [-0.4, -0.2) is 32.4 Å². The average Bonchev–Trinajstić information content (AvgIpc) is 3.67. The number of nitrogens with one attached hydrogen (secondary N) is 1. The van der Waals surface area contributed by atoms with E-state index in [4.69, 9.17) is 4.98 Å². The number of carbonyl (C=O) groups is 1. The van der Waals surface area contributed by atoms with E-state index in [1.807, 2.05) is 30.3 Å². The fraction of sp³-hybridized carbons (Fsp3) is 0.320. The van der Waals surface area contributed by atoms with Crippen molar-refractivity contribution in [3.8, 4) is 0 Å². The standard InChI is InChI=1S/C25H24F5N3O3S/c26-37(27,28,29,30)18-9-4-6-16(14-18)21(34)23(36)33-13-5-10-20-19(15-33)22(35)32-24(31-20)25(11-12-25)17-7-2-1-3-8-17/h1-4,6-9,14,21,34H,5,10-13,15H2,(H,31,32,35). The monoisotopic (exact) mass is 541 g/mol. The largest absolute Gasteiger partial charge is 0.378 e. The summed E-state index contributed by atoms with van der Waals surface area (Å²) in [5, 5.41) is 10.5. The van der Waals surface area contributed by atoms with E-state index in [1.165, 1.54) is 0 Å². The number of fused-ring (bicyclic) bond motifs is 1. The molecular formula is C25H24F5N3O3S. The molecule has 12 heteroatoms. The van der Waals surface area contributed by atoms with Gasteiger partial charge in [0.2, 0.25) is 0 Å². The molecule has 198 valence electrons. The maximum Gasteiger partial charge on any atom is 0.310 e. The predicted octanol–water partition coefficient (Wildman–Crippen LogP) is 5.52. The van der Waals surface area contributed by atoms with Crippen LogP contribution in [0.15, 0.2) is 64.3 Å². The zero-order valence-electron chi connectivity index (χ0n) is 19.5. The molecule has 1 aromatic heterocycles. The van der Waals surface area contributed by atoms with Gasteiger partial charge in [0.1, 0.15) is 10.7 Å². The summed E-state index contributed by atoms with van der Waals surface area (Å²) in [6.45, 7) is -0.112. The molecule has 1 fully saturated rings. The average molecular weight is 542 g/mol. The highest BCUT2D eigenvalue weighted by atomic mass is 32.5. The topological polar surface area (TPSA) is 86.3 Å². The molecule has 0 spiro atoms. The Morgan fingerprint density at radius 3 is 2.41 bits per heavy atom. The van der Waals surface area contributed by atoms with Crippen LogP contribution >= 0.6 is 10.2 Å². The fourth-order valence-corrected chi connectivity index (χ4v) is 5.52. The van der Waals surface area contributed by atoms with Crippen molar-refractivity contribution in [2.45, 2.75) is 48.6 Å². The third kappa shape index (κ3) is 4.87. The number of benzene rings is 2. The number of carbonyl (C=O) groups excluding carboxylic acids is 1. The van der Waals surface area contributed by atoms with Gasteiger partial charge in [-0.15, -0.1) is 0 Å². The van der Waals surface area contributed by atoms with Gasteiger partial charge in [-0.3, -0.25) is 9.59 Å². The summed E-state index contributed by atoms with van der Waals surface area (Å²) >= 11 is 0. The normalized spacial score (nSPS) is 19.7. The number of H-pyrrole nitrogens is 1. The molecule has 2 aromatic carbocycles. The number of hydrogen-bond donors (Lipinski definition) is 2. The maximum atomic E-state index is 13.2. The summed E-state index contributed by atoms with van der Waals surface area (Å²) in [4.78, 5) is 32.6. The molecule has 6 nitrogen and oxygen atoms in total. The first-order valence-electron chi connectivity index (χ1n) is 11.7. The van der Waals surface area contributed by atoms with E-state index in [1.54, 1.807) is 0 Å². The highest BCUT2D eigenvalue weighted by Gasteiger charge is 2.65. The van der Waals surface area contributed by atoms with E-state index in [0.29, 0.717) is 30.4 Å². The lowest BCUT2D eigenvalue weighted by molar-refractivity contribution is -0.141. The van der Waals surface area contributed by atoms with Crippen LogP contribution in [0.3, 0.4) is 0 Å². The van der Waals surface area contributed by atoms with Gasteiger partial charge in [0.05, 0.1) is 23.2 Å². The molecule has 1 atom stereocenters. The van der Waals surface area contributed by atoms with Crippen LogP contribution < -0.4 is 5.56 Å². The Hall–Kier alpha value is -3.25. The number of halogens is 5. The third-order valence-corrected chi connectivity index (χ3v) is 8.13. The smallest absolute Gasteiger partial charge is 0.310 e. The number of aliphatic hydroxyl groups excluding tert-OH is 1. The van der Waals surface area contributed by atoms with E-state index < -0.39 is 38.3 Å². The molecule has 2 heterocycles. The number of aliphatic hydroxyl groups is 1. The minimum atomic E-state index is -10.00. The maximum absolute atomic E-state index is 13.2. The zero-order chi connectivity index (χ0) is 26.7. The van der Waals surface area contributed by atoms with Crippen LogP contribution in [-0.2, 0) is 23.2 Å². The summed E-state index contributed by atoms with van der Waals surface area (Å²) in [5.74, 6) is -0.436. The molecule has 3 aromatic rings. The number of aromatic amines is 1. The highest BCUT2D eigenvalue weighted by Crippen LogP contribution is 3.02. The summed E-state index contributed by atoms with van der Waals surface area (Å²) < 4.78 is 66.1. The molecule has 1 unspecified atom stereocenters. The molecule has 37 heavy (non-hydrogen) atoms. The summed E-state index contributed by atoms with van der Waals surface area (Å²) in [5.41, 5.74) is 0.377.